The minimum atomic E-state index is -0.0601. The fourth-order valence-electron chi connectivity index (χ4n) is 1.80. The van der Waals surface area contributed by atoms with E-state index in [-0.39, 0.29) is 5.91 Å². The van der Waals surface area contributed by atoms with Crippen LogP contribution in [0.2, 0.25) is 0 Å². The van der Waals surface area contributed by atoms with E-state index in [1.165, 1.54) is 0 Å². The predicted octanol–water partition coefficient (Wildman–Crippen LogP) is 3.20. The number of carbonyl (C=O) groups excluding carboxylic acids is 1. The number of hydrogen-bond acceptors (Lipinski definition) is 2. The maximum Gasteiger partial charge on any atom is 0.259 e. The van der Waals surface area contributed by atoms with Crippen LogP contribution in [0.4, 0.5) is 5.69 Å². The van der Waals surface area contributed by atoms with Crippen LogP contribution >= 0.6 is 34.8 Å². The highest BCUT2D eigenvalue weighted by Crippen LogP contribution is 2.20. The van der Waals surface area contributed by atoms with Crippen molar-refractivity contribution in [2.24, 2.45) is 5.73 Å². The number of hydrogen-bond donors (Lipinski definition) is 1. The second kappa shape index (κ2) is 6.32. The number of benzene rings is 2. The molecule has 5 heteroatoms. The summed E-state index contributed by atoms with van der Waals surface area (Å²) in [5.74, 6) is -0.0601. The molecule has 0 aliphatic heterocycles. The molecule has 1 amide bonds. The lowest BCUT2D eigenvalue weighted by atomic mass is 10.1. The Balaban J connectivity index is 2.34. The van der Waals surface area contributed by atoms with Crippen LogP contribution in [0.3, 0.4) is 0 Å². The van der Waals surface area contributed by atoms with E-state index < -0.39 is 0 Å². The summed E-state index contributed by atoms with van der Waals surface area (Å²) in [6, 6.07) is 14.8. The van der Waals surface area contributed by atoms with E-state index >= 15 is 0 Å². The average Bonchev–Trinajstić information content (AvgIpc) is 2.46. The third-order valence-corrected chi connectivity index (χ3v) is 4.10. The van der Waals surface area contributed by atoms with Gasteiger partial charge in [-0.15, -0.1) is 0 Å². The van der Waals surface area contributed by atoms with Crippen molar-refractivity contribution < 1.29 is 4.79 Å². The summed E-state index contributed by atoms with van der Waals surface area (Å²) in [7, 11) is 1.74. The first kappa shape index (κ1) is 14.9. The molecule has 102 valence electrons. The molecule has 0 heterocycles. The number of halogens is 1. The van der Waals surface area contributed by atoms with Crippen molar-refractivity contribution in [2.45, 2.75) is 0 Å². The fraction of sp³-hybridized carbons (Fsp3) is 0.0667. The molecule has 2 aromatic carbocycles. The molecule has 3 nitrogen and oxygen atoms in total. The Hall–Kier alpha value is -1.47. The lowest BCUT2D eigenvalue weighted by Gasteiger charge is -2.18. The van der Waals surface area contributed by atoms with Gasteiger partial charge in [-0.05, 0) is 46.9 Å². The number of nitrogens with zero attached hydrogens (tertiary/aromatic N) is 1. The van der Waals surface area contributed by atoms with E-state index in [0.717, 1.165) is 14.8 Å². The zero-order chi connectivity index (χ0) is 14.7. The predicted molar refractivity (Wildman–Crippen MR) is 94.2 cm³/mol. The molecule has 2 aromatic rings. The molecule has 0 bridgehead atoms. The first-order valence-electron chi connectivity index (χ1n) is 5.93. The van der Waals surface area contributed by atoms with Crippen molar-refractivity contribution in [2.75, 3.05) is 11.9 Å². The molecule has 0 aliphatic carbocycles. The number of carbonyl (C=O) groups is 1. The highest BCUT2D eigenvalue weighted by atomic mass is 127. The fourth-order valence-corrected chi connectivity index (χ4v) is 2.55. The largest absolute Gasteiger partial charge is 0.389 e. The summed E-state index contributed by atoms with van der Waals surface area (Å²) >= 11 is 7.12. The Bertz CT molecular complexity index is 672. The zero-order valence-corrected chi connectivity index (χ0v) is 13.8. The van der Waals surface area contributed by atoms with E-state index in [0.29, 0.717) is 10.6 Å². The van der Waals surface area contributed by atoms with E-state index in [1.807, 2.05) is 48.5 Å². The van der Waals surface area contributed by atoms with Crippen LogP contribution in [0, 0.1) is 3.57 Å². The minimum Gasteiger partial charge on any atom is -0.389 e. The number of thiocarbonyl (C=S) groups is 1. The summed E-state index contributed by atoms with van der Waals surface area (Å²) in [4.78, 5) is 14.4. The summed E-state index contributed by atoms with van der Waals surface area (Å²) in [6.07, 6.45) is 0. The Morgan fingerprint density at radius 2 is 1.90 bits per heavy atom. The smallest absolute Gasteiger partial charge is 0.259 e. The molecule has 0 atom stereocenters. The summed E-state index contributed by atoms with van der Waals surface area (Å²) in [5, 5.41) is 0. The van der Waals surface area contributed by atoms with Crippen LogP contribution in [-0.4, -0.2) is 17.9 Å². The maximum absolute atomic E-state index is 12.5. The van der Waals surface area contributed by atoms with Gasteiger partial charge in [0.05, 0.1) is 5.56 Å². The quantitative estimate of drug-likeness (QED) is 0.641. The normalized spacial score (nSPS) is 10.1. The van der Waals surface area contributed by atoms with E-state index in [1.54, 1.807) is 11.9 Å². The summed E-state index contributed by atoms with van der Waals surface area (Å²) in [5.41, 5.74) is 7.81. The van der Waals surface area contributed by atoms with Gasteiger partial charge < -0.3 is 10.6 Å². The first-order valence-corrected chi connectivity index (χ1v) is 7.42. The SMILES string of the molecule is CN(C(=O)c1ccccc1I)c1cccc(C(N)=S)c1. The van der Waals surface area contributed by atoms with Crippen LogP contribution in [0.5, 0.6) is 0 Å². The molecule has 2 rings (SSSR count). The number of rotatable bonds is 3. The Morgan fingerprint density at radius 1 is 1.20 bits per heavy atom. The molecule has 2 N–H and O–H groups in total. The molecule has 0 fully saturated rings. The van der Waals surface area contributed by atoms with Gasteiger partial charge in [-0.2, -0.15) is 0 Å². The van der Waals surface area contributed by atoms with Gasteiger partial charge in [0, 0.05) is 21.9 Å². The highest BCUT2D eigenvalue weighted by molar-refractivity contribution is 14.1. The van der Waals surface area contributed by atoms with Gasteiger partial charge in [-0.25, -0.2) is 0 Å². The number of nitrogens with two attached hydrogens (primary N) is 1. The topological polar surface area (TPSA) is 46.3 Å². The molecular formula is C15H13IN2OS. The van der Waals surface area contributed by atoms with Crippen molar-refractivity contribution in [1.29, 1.82) is 0 Å². The molecular weight excluding hydrogens is 383 g/mol. The Kier molecular flexibility index (Phi) is 4.72. The second-order valence-corrected chi connectivity index (χ2v) is 5.86. The van der Waals surface area contributed by atoms with Crippen molar-refractivity contribution in [3.8, 4) is 0 Å². The van der Waals surface area contributed by atoms with E-state index in [4.69, 9.17) is 18.0 Å². The molecule has 0 aliphatic rings. The van der Waals surface area contributed by atoms with Crippen LogP contribution in [0.1, 0.15) is 15.9 Å². The van der Waals surface area contributed by atoms with Gasteiger partial charge in [-0.3, -0.25) is 4.79 Å². The van der Waals surface area contributed by atoms with E-state index in [2.05, 4.69) is 22.6 Å². The van der Waals surface area contributed by atoms with Gasteiger partial charge in [0.15, 0.2) is 0 Å². The van der Waals surface area contributed by atoms with Crippen LogP contribution < -0.4 is 10.6 Å². The highest BCUT2D eigenvalue weighted by Gasteiger charge is 2.16. The van der Waals surface area contributed by atoms with Crippen molar-refractivity contribution in [3.63, 3.8) is 0 Å². The lowest BCUT2D eigenvalue weighted by molar-refractivity contribution is 0.0992. The molecule has 0 saturated carbocycles. The summed E-state index contributed by atoms with van der Waals surface area (Å²) < 4.78 is 0.924. The summed E-state index contributed by atoms with van der Waals surface area (Å²) in [6.45, 7) is 0. The van der Waals surface area contributed by atoms with Crippen molar-refractivity contribution >= 4 is 51.4 Å². The van der Waals surface area contributed by atoms with Gasteiger partial charge in [0.25, 0.3) is 5.91 Å². The van der Waals surface area contributed by atoms with Crippen LogP contribution in [-0.2, 0) is 0 Å². The number of anilines is 1. The molecule has 0 unspecified atom stereocenters. The Labute approximate surface area is 136 Å². The van der Waals surface area contributed by atoms with Crippen molar-refractivity contribution in [1.82, 2.24) is 0 Å². The van der Waals surface area contributed by atoms with Gasteiger partial charge in [0.2, 0.25) is 0 Å². The zero-order valence-electron chi connectivity index (χ0n) is 10.8. The van der Waals surface area contributed by atoms with Crippen LogP contribution in [0.25, 0.3) is 0 Å². The van der Waals surface area contributed by atoms with Crippen molar-refractivity contribution in [3.05, 3.63) is 63.2 Å². The van der Waals surface area contributed by atoms with Gasteiger partial charge >= 0.3 is 0 Å². The molecule has 20 heavy (non-hydrogen) atoms. The molecule has 0 aromatic heterocycles. The average molecular weight is 396 g/mol. The molecule has 0 radical (unpaired) electrons. The number of amides is 1. The molecule has 0 spiro atoms. The monoisotopic (exact) mass is 396 g/mol. The van der Waals surface area contributed by atoms with E-state index in [9.17, 15) is 4.79 Å². The standard InChI is InChI=1S/C15H13IN2OS/c1-18(11-6-4-5-10(9-11)14(17)20)15(19)12-7-2-3-8-13(12)16/h2-9H,1H3,(H2,17,20). The van der Waals surface area contributed by atoms with Gasteiger partial charge in [0.1, 0.15) is 4.99 Å². The maximum atomic E-state index is 12.5. The lowest BCUT2D eigenvalue weighted by Crippen LogP contribution is -2.27. The van der Waals surface area contributed by atoms with Crippen LogP contribution in [0.15, 0.2) is 48.5 Å². The second-order valence-electron chi connectivity index (χ2n) is 4.26. The Morgan fingerprint density at radius 3 is 2.55 bits per heavy atom. The minimum absolute atomic E-state index is 0.0601. The molecule has 0 saturated heterocycles. The third kappa shape index (κ3) is 3.16. The first-order chi connectivity index (χ1) is 9.50. The van der Waals surface area contributed by atoms with Gasteiger partial charge in [-0.1, -0.05) is 36.5 Å². The third-order valence-electron chi connectivity index (χ3n) is 2.93.